The lowest BCUT2D eigenvalue weighted by Crippen LogP contribution is -2.32. The lowest BCUT2D eigenvalue weighted by atomic mass is 10.1. The number of anilines is 1. The van der Waals surface area contributed by atoms with Crippen molar-refractivity contribution in [2.75, 3.05) is 4.90 Å². The van der Waals surface area contributed by atoms with Crippen LogP contribution in [0.5, 0.6) is 0 Å². The molecule has 2 heterocycles. The van der Waals surface area contributed by atoms with Crippen LogP contribution in [-0.2, 0) is 4.79 Å². The molecule has 0 saturated heterocycles. The summed E-state index contributed by atoms with van der Waals surface area (Å²) in [7, 11) is 0. The molecule has 2 aromatic carbocycles. The average molecular weight is 348 g/mol. The minimum absolute atomic E-state index is 0.195. The summed E-state index contributed by atoms with van der Waals surface area (Å²) in [5, 5.41) is 1.95. The molecule has 0 N–H and O–H groups in total. The number of amidine groups is 1. The lowest BCUT2D eigenvalue weighted by molar-refractivity contribution is -0.113. The molecule has 0 bridgehead atoms. The van der Waals surface area contributed by atoms with Crippen LogP contribution in [0.4, 0.5) is 10.1 Å². The highest BCUT2D eigenvalue weighted by Crippen LogP contribution is 2.28. The van der Waals surface area contributed by atoms with Crippen LogP contribution in [0.3, 0.4) is 0 Å². The normalized spacial score (nSPS) is 15.7. The molecule has 1 aliphatic heterocycles. The number of hydrogen-bond acceptors (Lipinski definition) is 3. The third-order valence-electron chi connectivity index (χ3n) is 3.80. The number of carbonyl (C=O) groups excluding carboxylic acids is 1. The van der Waals surface area contributed by atoms with Crippen molar-refractivity contribution in [3.63, 3.8) is 0 Å². The van der Waals surface area contributed by atoms with Gasteiger partial charge in [0.05, 0.1) is 5.69 Å². The zero-order chi connectivity index (χ0) is 17.2. The molecular formula is C20H13FN2OS. The summed E-state index contributed by atoms with van der Waals surface area (Å²) in [6.07, 6.45) is 1.78. The molecule has 5 heteroatoms. The fraction of sp³-hybridized carbons (Fsp3) is 0. The highest BCUT2D eigenvalue weighted by molar-refractivity contribution is 7.10. The second-order valence-corrected chi connectivity index (χ2v) is 6.44. The van der Waals surface area contributed by atoms with E-state index in [0.29, 0.717) is 17.1 Å². The minimum Gasteiger partial charge on any atom is -0.266 e. The lowest BCUT2D eigenvalue weighted by Gasteiger charge is -2.18. The van der Waals surface area contributed by atoms with Crippen LogP contribution in [0.25, 0.3) is 6.08 Å². The molecule has 25 heavy (non-hydrogen) atoms. The molecule has 0 saturated carbocycles. The van der Waals surface area contributed by atoms with E-state index in [0.717, 1.165) is 10.6 Å². The Hall–Kier alpha value is -3.05. The Bertz CT molecular complexity index is 961. The first kappa shape index (κ1) is 15.5. The van der Waals surface area contributed by atoms with Crippen molar-refractivity contribution in [3.8, 4) is 0 Å². The number of para-hydroxylation sites is 1. The van der Waals surface area contributed by atoms with E-state index in [1.807, 2.05) is 47.8 Å². The highest BCUT2D eigenvalue weighted by atomic mass is 32.1. The first-order valence-corrected chi connectivity index (χ1v) is 8.60. The zero-order valence-corrected chi connectivity index (χ0v) is 13.9. The van der Waals surface area contributed by atoms with Crippen molar-refractivity contribution < 1.29 is 9.18 Å². The Morgan fingerprint density at radius 3 is 2.40 bits per heavy atom. The molecule has 0 aliphatic carbocycles. The van der Waals surface area contributed by atoms with Crippen LogP contribution in [0.1, 0.15) is 10.4 Å². The quantitative estimate of drug-likeness (QED) is 0.630. The smallest absolute Gasteiger partial charge is 0.266 e. The molecule has 1 aromatic heterocycles. The second kappa shape index (κ2) is 6.45. The molecule has 0 unspecified atom stereocenters. The predicted octanol–water partition coefficient (Wildman–Crippen LogP) is 4.72. The Balaban J connectivity index is 1.83. The summed E-state index contributed by atoms with van der Waals surface area (Å²) in [4.78, 5) is 20.0. The van der Waals surface area contributed by atoms with Gasteiger partial charge in [-0.3, -0.25) is 9.69 Å². The van der Waals surface area contributed by atoms with Crippen LogP contribution >= 0.6 is 11.3 Å². The minimum atomic E-state index is -0.325. The molecular weight excluding hydrogens is 335 g/mol. The Labute approximate surface area is 148 Å². The molecule has 3 aromatic rings. The largest absolute Gasteiger partial charge is 0.282 e. The molecule has 0 radical (unpaired) electrons. The first-order chi connectivity index (χ1) is 12.2. The van der Waals surface area contributed by atoms with Gasteiger partial charge in [-0.2, -0.15) is 0 Å². The van der Waals surface area contributed by atoms with E-state index in [1.165, 1.54) is 12.1 Å². The van der Waals surface area contributed by atoms with Gasteiger partial charge in [0.15, 0.2) is 0 Å². The topological polar surface area (TPSA) is 32.7 Å². The number of halogens is 1. The van der Waals surface area contributed by atoms with Crippen molar-refractivity contribution in [1.29, 1.82) is 0 Å². The fourth-order valence-corrected chi connectivity index (χ4v) is 3.29. The molecule has 3 nitrogen and oxygen atoms in total. The van der Waals surface area contributed by atoms with Crippen molar-refractivity contribution >= 4 is 34.8 Å². The molecule has 0 fully saturated rings. The summed E-state index contributed by atoms with van der Waals surface area (Å²) in [5.41, 5.74) is 1.78. The molecule has 0 atom stereocenters. The number of benzene rings is 2. The van der Waals surface area contributed by atoms with E-state index in [4.69, 9.17) is 0 Å². The monoisotopic (exact) mass is 348 g/mol. The van der Waals surface area contributed by atoms with Crippen molar-refractivity contribution in [3.05, 3.63) is 94.1 Å². The summed E-state index contributed by atoms with van der Waals surface area (Å²) in [5.74, 6) is -0.0211. The summed E-state index contributed by atoms with van der Waals surface area (Å²) >= 11 is 1.54. The Kier molecular flexibility index (Phi) is 3.99. The maximum atomic E-state index is 13.3. The van der Waals surface area contributed by atoms with Gasteiger partial charge < -0.3 is 0 Å². The average Bonchev–Trinajstić information content (AvgIpc) is 3.25. The van der Waals surface area contributed by atoms with Gasteiger partial charge in [-0.05, 0) is 53.9 Å². The Morgan fingerprint density at radius 1 is 0.960 bits per heavy atom. The van der Waals surface area contributed by atoms with Crippen LogP contribution in [0.15, 0.2) is 82.8 Å². The van der Waals surface area contributed by atoms with E-state index < -0.39 is 0 Å². The summed E-state index contributed by atoms with van der Waals surface area (Å²) in [6.45, 7) is 0. The maximum absolute atomic E-state index is 13.3. The van der Waals surface area contributed by atoms with Gasteiger partial charge in [0.2, 0.25) is 0 Å². The fourth-order valence-electron chi connectivity index (χ4n) is 2.63. The second-order valence-electron chi connectivity index (χ2n) is 5.46. The third-order valence-corrected chi connectivity index (χ3v) is 4.62. The summed E-state index contributed by atoms with van der Waals surface area (Å²) in [6, 6.07) is 19.2. The van der Waals surface area contributed by atoms with Gasteiger partial charge in [0, 0.05) is 10.4 Å². The van der Waals surface area contributed by atoms with Gasteiger partial charge in [-0.1, -0.05) is 24.3 Å². The molecule has 0 spiro atoms. The number of hydrogen-bond donors (Lipinski definition) is 0. The van der Waals surface area contributed by atoms with Gasteiger partial charge in [0.1, 0.15) is 17.3 Å². The number of carbonyl (C=O) groups is 1. The SMILES string of the molecule is O=C1/C(=C\c2cccs2)N=C(c2ccc(F)cc2)N1c1ccccc1. The highest BCUT2D eigenvalue weighted by Gasteiger charge is 2.32. The van der Waals surface area contributed by atoms with Crippen molar-refractivity contribution in [2.24, 2.45) is 4.99 Å². The standard InChI is InChI=1S/C20H13FN2OS/c21-15-10-8-14(9-11-15)19-22-18(13-17-7-4-12-25-17)20(24)23(19)16-5-2-1-3-6-16/h1-13H/b18-13+. The van der Waals surface area contributed by atoms with Crippen molar-refractivity contribution in [1.82, 2.24) is 0 Å². The van der Waals surface area contributed by atoms with E-state index >= 15 is 0 Å². The van der Waals surface area contributed by atoms with Gasteiger partial charge >= 0.3 is 0 Å². The number of aliphatic imine (C=N–C) groups is 1. The number of amides is 1. The van der Waals surface area contributed by atoms with Crippen LogP contribution < -0.4 is 4.90 Å². The predicted molar refractivity (Wildman–Crippen MR) is 99.2 cm³/mol. The number of thiophene rings is 1. The van der Waals surface area contributed by atoms with E-state index in [1.54, 1.807) is 34.4 Å². The van der Waals surface area contributed by atoms with E-state index in [2.05, 4.69) is 4.99 Å². The first-order valence-electron chi connectivity index (χ1n) is 7.72. The third kappa shape index (κ3) is 3.02. The molecule has 1 aliphatic rings. The summed E-state index contributed by atoms with van der Waals surface area (Å²) < 4.78 is 13.3. The van der Waals surface area contributed by atoms with Gasteiger partial charge in [-0.25, -0.2) is 9.38 Å². The van der Waals surface area contributed by atoms with Crippen LogP contribution in [0, 0.1) is 5.82 Å². The van der Waals surface area contributed by atoms with Crippen molar-refractivity contribution in [2.45, 2.75) is 0 Å². The molecule has 1 amide bonds. The molecule has 4 rings (SSSR count). The van der Waals surface area contributed by atoms with Crippen LogP contribution in [-0.4, -0.2) is 11.7 Å². The number of nitrogens with zero attached hydrogens (tertiary/aromatic N) is 2. The van der Waals surface area contributed by atoms with E-state index in [-0.39, 0.29) is 11.7 Å². The van der Waals surface area contributed by atoms with Gasteiger partial charge in [-0.15, -0.1) is 11.3 Å². The maximum Gasteiger partial charge on any atom is 0.282 e. The van der Waals surface area contributed by atoms with Gasteiger partial charge in [0.25, 0.3) is 5.91 Å². The molecule has 122 valence electrons. The van der Waals surface area contributed by atoms with E-state index in [9.17, 15) is 9.18 Å². The Morgan fingerprint density at radius 2 is 1.72 bits per heavy atom. The number of rotatable bonds is 3. The van der Waals surface area contributed by atoms with Crippen LogP contribution in [0.2, 0.25) is 0 Å². The zero-order valence-electron chi connectivity index (χ0n) is 13.1.